The van der Waals surface area contributed by atoms with E-state index in [0.29, 0.717) is 18.6 Å². The summed E-state index contributed by atoms with van der Waals surface area (Å²) in [5, 5.41) is 11.1. The molecule has 0 spiro atoms. The lowest BCUT2D eigenvalue weighted by atomic mass is 10.0. The van der Waals surface area contributed by atoms with Crippen LogP contribution >= 0.6 is 0 Å². The second kappa shape index (κ2) is 6.36. The smallest absolute Gasteiger partial charge is 0.311 e. The van der Waals surface area contributed by atoms with E-state index in [1.807, 2.05) is 4.90 Å². The zero-order valence-electron chi connectivity index (χ0n) is 12.0. The number of ether oxygens (including phenoxy) is 1. The van der Waals surface area contributed by atoms with Gasteiger partial charge < -0.3 is 9.64 Å². The first kappa shape index (κ1) is 14.2. The van der Waals surface area contributed by atoms with E-state index in [1.165, 1.54) is 6.07 Å². The lowest BCUT2D eigenvalue weighted by Gasteiger charge is -2.40. The lowest BCUT2D eigenvalue weighted by molar-refractivity contribution is -0.384. The largest absolute Gasteiger partial charge is 0.366 e. The first-order chi connectivity index (χ1) is 10.3. The van der Waals surface area contributed by atoms with E-state index in [4.69, 9.17) is 4.74 Å². The molecule has 0 radical (unpaired) electrons. The Morgan fingerprint density at radius 1 is 1.33 bits per heavy atom. The third kappa shape index (κ3) is 3.14. The number of hydrogen-bond acceptors (Lipinski definition) is 6. The number of piperidine rings is 1. The second-order valence-corrected chi connectivity index (χ2v) is 5.52. The molecule has 0 atom stereocenters. The van der Waals surface area contributed by atoms with Crippen LogP contribution in [0.5, 0.6) is 0 Å². The molecule has 7 heteroatoms. The van der Waals surface area contributed by atoms with Crippen LogP contribution < -0.4 is 4.90 Å². The number of hydrogen-bond donors (Lipinski definition) is 0. The monoisotopic (exact) mass is 292 g/mol. The molecule has 0 aromatic carbocycles. The quantitative estimate of drug-likeness (QED) is 0.623. The molecule has 0 aliphatic carbocycles. The van der Waals surface area contributed by atoms with Crippen molar-refractivity contribution in [3.8, 4) is 0 Å². The van der Waals surface area contributed by atoms with E-state index in [0.717, 1.165) is 45.5 Å². The van der Waals surface area contributed by atoms with Crippen LogP contribution in [0.2, 0.25) is 0 Å². The van der Waals surface area contributed by atoms with Gasteiger partial charge in [0.15, 0.2) is 0 Å². The van der Waals surface area contributed by atoms with Crippen LogP contribution in [0.1, 0.15) is 19.3 Å². The van der Waals surface area contributed by atoms with E-state index < -0.39 is 0 Å². The van der Waals surface area contributed by atoms with Gasteiger partial charge in [0.1, 0.15) is 0 Å². The summed E-state index contributed by atoms with van der Waals surface area (Å²) >= 11 is 0. The molecular weight excluding hydrogens is 272 g/mol. The van der Waals surface area contributed by atoms with E-state index >= 15 is 0 Å². The van der Waals surface area contributed by atoms with E-state index in [1.54, 1.807) is 12.3 Å². The predicted molar refractivity (Wildman–Crippen MR) is 78.3 cm³/mol. The lowest BCUT2D eigenvalue weighted by Crippen LogP contribution is -2.48. The molecule has 0 amide bonds. The minimum atomic E-state index is -0.354. The first-order valence-electron chi connectivity index (χ1n) is 7.42. The first-order valence-corrected chi connectivity index (χ1v) is 7.42. The van der Waals surface area contributed by atoms with Crippen LogP contribution in [0.3, 0.4) is 0 Å². The highest BCUT2D eigenvalue weighted by atomic mass is 16.6. The summed E-state index contributed by atoms with van der Waals surface area (Å²) in [5.41, 5.74) is 0.0947. The Morgan fingerprint density at radius 2 is 2.14 bits per heavy atom. The molecule has 1 aromatic heterocycles. The van der Waals surface area contributed by atoms with E-state index in [9.17, 15) is 10.1 Å². The maximum Gasteiger partial charge on any atom is 0.311 e. The van der Waals surface area contributed by atoms with Gasteiger partial charge in [-0.3, -0.25) is 15.0 Å². The third-order valence-electron chi connectivity index (χ3n) is 4.23. The fourth-order valence-corrected chi connectivity index (χ4v) is 3.12. The topological polar surface area (TPSA) is 71.7 Å². The van der Waals surface area contributed by atoms with Gasteiger partial charge in [0.05, 0.1) is 11.7 Å². The number of pyridine rings is 1. The molecular formula is C14H20N4O3. The maximum atomic E-state index is 11.1. The normalized spacial score (nSPS) is 21.4. The molecule has 0 bridgehead atoms. The molecule has 3 heterocycles. The highest BCUT2D eigenvalue weighted by Gasteiger charge is 2.29. The van der Waals surface area contributed by atoms with Gasteiger partial charge in [-0.05, 0) is 25.3 Å². The molecule has 2 aliphatic heterocycles. The van der Waals surface area contributed by atoms with Crippen molar-refractivity contribution in [3.05, 3.63) is 28.4 Å². The molecule has 3 rings (SSSR count). The molecule has 21 heavy (non-hydrogen) atoms. The molecule has 114 valence electrons. The average molecular weight is 292 g/mol. The summed E-state index contributed by atoms with van der Waals surface area (Å²) in [4.78, 5) is 19.4. The number of aromatic nitrogens is 1. The minimum absolute atomic E-state index is 0.0947. The fourth-order valence-electron chi connectivity index (χ4n) is 3.12. The van der Waals surface area contributed by atoms with E-state index in [2.05, 4.69) is 9.88 Å². The van der Waals surface area contributed by atoms with Crippen LogP contribution in [0.15, 0.2) is 18.3 Å². The van der Waals surface area contributed by atoms with E-state index in [-0.39, 0.29) is 10.6 Å². The van der Waals surface area contributed by atoms with Crippen LogP contribution in [-0.2, 0) is 4.74 Å². The highest BCUT2D eigenvalue weighted by Crippen LogP contribution is 2.28. The Balaban J connectivity index is 1.64. The second-order valence-electron chi connectivity index (χ2n) is 5.52. The third-order valence-corrected chi connectivity index (χ3v) is 4.23. The molecule has 0 N–H and O–H groups in total. The standard InChI is InChI=1S/C14H20N4O3/c19-18(20)13-3-1-6-15-14(13)16-8-4-12(5-9-16)17-7-2-10-21-11-17/h1,3,6,12H,2,4-5,7-11H2. The number of nitrogens with zero attached hydrogens (tertiary/aromatic N) is 4. The summed E-state index contributed by atoms with van der Waals surface area (Å²) in [6, 6.07) is 3.65. The van der Waals surface area contributed by atoms with Crippen molar-refractivity contribution >= 4 is 11.5 Å². The maximum absolute atomic E-state index is 11.1. The zero-order valence-corrected chi connectivity index (χ0v) is 12.0. The van der Waals surface area contributed by atoms with Gasteiger partial charge in [-0.25, -0.2) is 4.98 Å². The summed E-state index contributed by atoms with van der Waals surface area (Å²) in [5.74, 6) is 0.496. The number of nitro groups is 1. The summed E-state index contributed by atoms with van der Waals surface area (Å²) in [6.07, 6.45) is 4.70. The van der Waals surface area contributed by atoms with Gasteiger partial charge in [-0.2, -0.15) is 0 Å². The molecule has 0 saturated carbocycles. The van der Waals surface area contributed by atoms with Crippen molar-refractivity contribution in [2.75, 3.05) is 37.9 Å². The van der Waals surface area contributed by atoms with Crippen LogP contribution in [0.25, 0.3) is 0 Å². The number of anilines is 1. The van der Waals surface area contributed by atoms with Crippen molar-refractivity contribution in [3.63, 3.8) is 0 Å². The van der Waals surface area contributed by atoms with Crippen molar-refractivity contribution in [1.82, 2.24) is 9.88 Å². The van der Waals surface area contributed by atoms with Crippen LogP contribution in [-0.4, -0.2) is 53.8 Å². The van der Waals surface area contributed by atoms with Crippen LogP contribution in [0, 0.1) is 10.1 Å². The van der Waals surface area contributed by atoms with Crippen molar-refractivity contribution in [1.29, 1.82) is 0 Å². The Kier molecular flexibility index (Phi) is 4.31. The summed E-state index contributed by atoms with van der Waals surface area (Å²) < 4.78 is 5.51. The molecule has 2 saturated heterocycles. The van der Waals surface area contributed by atoms with Crippen LogP contribution in [0.4, 0.5) is 11.5 Å². The van der Waals surface area contributed by atoms with Crippen molar-refractivity contribution in [2.24, 2.45) is 0 Å². The van der Waals surface area contributed by atoms with Gasteiger partial charge >= 0.3 is 5.69 Å². The summed E-state index contributed by atoms with van der Waals surface area (Å²) in [7, 11) is 0. The molecule has 0 unspecified atom stereocenters. The SMILES string of the molecule is O=[N+]([O-])c1cccnc1N1CCC(N2CCCOC2)CC1. The van der Waals surface area contributed by atoms with Gasteiger partial charge in [-0.1, -0.05) is 0 Å². The Morgan fingerprint density at radius 3 is 2.81 bits per heavy atom. The molecule has 7 nitrogen and oxygen atoms in total. The van der Waals surface area contributed by atoms with Gasteiger partial charge in [0, 0.05) is 44.5 Å². The van der Waals surface area contributed by atoms with Gasteiger partial charge in [-0.15, -0.1) is 0 Å². The van der Waals surface area contributed by atoms with Crippen molar-refractivity contribution < 1.29 is 9.66 Å². The Hall–Kier alpha value is -1.73. The molecule has 2 fully saturated rings. The zero-order chi connectivity index (χ0) is 14.7. The summed E-state index contributed by atoms with van der Waals surface area (Å²) in [6.45, 7) is 4.27. The van der Waals surface area contributed by atoms with Gasteiger partial charge in [0.25, 0.3) is 0 Å². The molecule has 1 aromatic rings. The van der Waals surface area contributed by atoms with Crippen molar-refractivity contribution in [2.45, 2.75) is 25.3 Å². The highest BCUT2D eigenvalue weighted by molar-refractivity contribution is 5.57. The Labute approximate surface area is 123 Å². The fraction of sp³-hybridized carbons (Fsp3) is 0.643. The molecule has 2 aliphatic rings. The van der Waals surface area contributed by atoms with Gasteiger partial charge in [0.2, 0.25) is 5.82 Å². The predicted octanol–water partition coefficient (Wildman–Crippen LogP) is 1.64. The number of rotatable bonds is 3. The minimum Gasteiger partial charge on any atom is -0.366 e. The average Bonchev–Trinajstić information content (AvgIpc) is 2.56. The Bertz CT molecular complexity index is 497.